The quantitative estimate of drug-likeness (QED) is 0.238. The fourth-order valence-electron chi connectivity index (χ4n) is 3.16. The second kappa shape index (κ2) is 8.70. The third kappa shape index (κ3) is 4.10. The molecule has 10 heteroatoms. The van der Waals surface area contributed by atoms with Gasteiger partial charge in [-0.05, 0) is 43.3 Å². The van der Waals surface area contributed by atoms with Crippen LogP contribution in [0.15, 0.2) is 59.0 Å². The Hall–Kier alpha value is -3.27. The van der Waals surface area contributed by atoms with Gasteiger partial charge in [0.1, 0.15) is 22.1 Å². The highest BCUT2D eigenvalue weighted by Gasteiger charge is 2.16. The number of hydrazone groups is 1. The van der Waals surface area contributed by atoms with Crippen molar-refractivity contribution in [1.29, 1.82) is 0 Å². The van der Waals surface area contributed by atoms with Gasteiger partial charge in [-0.2, -0.15) is 10.2 Å². The minimum atomic E-state index is 0.687. The second-order valence-electron chi connectivity index (χ2n) is 6.80. The number of thiazole rings is 1. The standard InChI is InChI=1S/C22H17ClN6OS2/c1-13-28-29-19(20(26-22(29)32-13)15-5-9-17(30-2)10-6-15)11-24-27-21-25-18(12-31-21)14-3-7-16(23)8-4-14/h3-12H,1-2H3,(H,25,27)/b24-11+. The molecule has 5 rings (SSSR count). The summed E-state index contributed by atoms with van der Waals surface area (Å²) in [6, 6.07) is 15.4. The molecule has 0 saturated carbocycles. The third-order valence-corrected chi connectivity index (χ3v) is 6.52. The first-order chi connectivity index (χ1) is 15.6. The molecule has 3 aromatic heterocycles. The average Bonchev–Trinajstić information content (AvgIpc) is 3.50. The number of imidazole rings is 1. The van der Waals surface area contributed by atoms with E-state index in [0.717, 1.165) is 43.9 Å². The molecular formula is C22H17ClN6OS2. The van der Waals surface area contributed by atoms with Crippen LogP contribution in [0.1, 0.15) is 10.7 Å². The first-order valence-corrected chi connectivity index (χ1v) is 11.7. The Balaban J connectivity index is 1.42. The second-order valence-corrected chi connectivity index (χ2v) is 9.26. The molecule has 0 bridgehead atoms. The highest BCUT2D eigenvalue weighted by atomic mass is 35.5. The van der Waals surface area contributed by atoms with Crippen molar-refractivity contribution in [1.82, 2.24) is 19.6 Å². The number of halogens is 1. The smallest absolute Gasteiger partial charge is 0.213 e. The van der Waals surface area contributed by atoms with Gasteiger partial charge in [-0.3, -0.25) is 5.43 Å². The summed E-state index contributed by atoms with van der Waals surface area (Å²) < 4.78 is 7.08. The molecule has 0 radical (unpaired) electrons. The molecule has 0 atom stereocenters. The molecule has 160 valence electrons. The third-order valence-electron chi connectivity index (χ3n) is 4.69. The summed E-state index contributed by atoms with van der Waals surface area (Å²) >= 11 is 8.98. The number of fused-ring (bicyclic) bond motifs is 1. The summed E-state index contributed by atoms with van der Waals surface area (Å²) in [5.74, 6) is 0.792. The number of hydrogen-bond acceptors (Lipinski definition) is 8. The van der Waals surface area contributed by atoms with Crippen molar-refractivity contribution in [2.24, 2.45) is 5.10 Å². The van der Waals surface area contributed by atoms with Crippen LogP contribution < -0.4 is 10.2 Å². The Kier molecular flexibility index (Phi) is 5.60. The van der Waals surface area contributed by atoms with E-state index in [1.54, 1.807) is 13.3 Å². The van der Waals surface area contributed by atoms with E-state index in [9.17, 15) is 0 Å². The van der Waals surface area contributed by atoms with Crippen LogP contribution in [0.4, 0.5) is 5.13 Å². The molecule has 0 aliphatic rings. The van der Waals surface area contributed by atoms with E-state index in [1.807, 2.05) is 65.4 Å². The van der Waals surface area contributed by atoms with E-state index in [1.165, 1.54) is 22.7 Å². The van der Waals surface area contributed by atoms with Crippen LogP contribution in [0, 0.1) is 6.92 Å². The molecule has 0 spiro atoms. The normalized spacial score (nSPS) is 11.5. The van der Waals surface area contributed by atoms with Crippen LogP contribution >= 0.6 is 34.3 Å². The van der Waals surface area contributed by atoms with Gasteiger partial charge in [0, 0.05) is 21.5 Å². The fraction of sp³-hybridized carbons (Fsp3) is 0.0909. The maximum atomic E-state index is 5.97. The summed E-state index contributed by atoms with van der Waals surface area (Å²) in [4.78, 5) is 10.2. The van der Waals surface area contributed by atoms with Crippen molar-refractivity contribution in [3.05, 3.63) is 69.6 Å². The molecule has 1 N–H and O–H groups in total. The molecule has 0 unspecified atom stereocenters. The predicted molar refractivity (Wildman–Crippen MR) is 131 cm³/mol. The Morgan fingerprint density at radius 3 is 2.56 bits per heavy atom. The Labute approximate surface area is 197 Å². The molecule has 0 amide bonds. The summed E-state index contributed by atoms with van der Waals surface area (Å²) in [6.07, 6.45) is 1.72. The lowest BCUT2D eigenvalue weighted by Gasteiger charge is -2.02. The number of benzene rings is 2. The lowest BCUT2D eigenvalue weighted by atomic mass is 10.1. The topological polar surface area (TPSA) is 76.7 Å². The van der Waals surface area contributed by atoms with Crippen LogP contribution in [0.2, 0.25) is 5.02 Å². The Morgan fingerprint density at radius 1 is 1.06 bits per heavy atom. The van der Waals surface area contributed by atoms with Gasteiger partial charge in [-0.1, -0.05) is 35.1 Å². The zero-order chi connectivity index (χ0) is 22.1. The minimum absolute atomic E-state index is 0.687. The monoisotopic (exact) mass is 480 g/mol. The molecule has 5 aromatic rings. The van der Waals surface area contributed by atoms with Gasteiger partial charge in [-0.15, -0.1) is 11.3 Å². The van der Waals surface area contributed by atoms with Gasteiger partial charge in [-0.25, -0.2) is 14.5 Å². The summed E-state index contributed by atoms with van der Waals surface area (Å²) in [6.45, 7) is 1.96. The van der Waals surface area contributed by atoms with Crippen molar-refractivity contribution in [3.63, 3.8) is 0 Å². The molecule has 7 nitrogen and oxygen atoms in total. The number of nitrogens with zero attached hydrogens (tertiary/aromatic N) is 5. The first-order valence-electron chi connectivity index (χ1n) is 9.62. The van der Waals surface area contributed by atoms with E-state index in [2.05, 4.69) is 20.6 Å². The minimum Gasteiger partial charge on any atom is -0.497 e. The molecule has 2 aromatic carbocycles. The first kappa shape index (κ1) is 20.6. The van der Waals surface area contributed by atoms with Gasteiger partial charge in [0.05, 0.1) is 19.0 Å². The lowest BCUT2D eigenvalue weighted by Crippen LogP contribution is -1.97. The van der Waals surface area contributed by atoms with Gasteiger partial charge in [0.2, 0.25) is 10.1 Å². The molecule has 0 fully saturated rings. The summed E-state index contributed by atoms with van der Waals surface area (Å²) in [7, 11) is 1.65. The van der Waals surface area contributed by atoms with E-state index in [0.29, 0.717) is 10.2 Å². The molecule has 32 heavy (non-hydrogen) atoms. The average molecular weight is 481 g/mol. The Morgan fingerprint density at radius 2 is 1.81 bits per heavy atom. The number of aryl methyl sites for hydroxylation is 1. The van der Waals surface area contributed by atoms with Crippen LogP contribution in [-0.4, -0.2) is 32.9 Å². The zero-order valence-electron chi connectivity index (χ0n) is 17.1. The number of aromatic nitrogens is 4. The number of hydrogen-bond donors (Lipinski definition) is 1. The zero-order valence-corrected chi connectivity index (χ0v) is 19.5. The maximum Gasteiger partial charge on any atom is 0.213 e. The van der Waals surface area contributed by atoms with Gasteiger partial charge >= 0.3 is 0 Å². The largest absolute Gasteiger partial charge is 0.497 e. The maximum absolute atomic E-state index is 5.97. The van der Waals surface area contributed by atoms with Crippen LogP contribution in [0.25, 0.3) is 27.5 Å². The van der Waals surface area contributed by atoms with Crippen molar-refractivity contribution in [3.8, 4) is 28.3 Å². The van der Waals surface area contributed by atoms with Crippen molar-refractivity contribution >= 4 is 50.6 Å². The molecule has 0 aliphatic carbocycles. The summed E-state index contributed by atoms with van der Waals surface area (Å²) in [5.41, 5.74) is 7.44. The highest BCUT2D eigenvalue weighted by Crippen LogP contribution is 2.28. The summed E-state index contributed by atoms with van der Waals surface area (Å²) in [5, 5.41) is 13.3. The van der Waals surface area contributed by atoms with E-state index >= 15 is 0 Å². The van der Waals surface area contributed by atoms with Gasteiger partial charge in [0.25, 0.3) is 0 Å². The van der Waals surface area contributed by atoms with Crippen LogP contribution in [0.5, 0.6) is 5.75 Å². The number of anilines is 1. The van der Waals surface area contributed by atoms with Crippen LogP contribution in [-0.2, 0) is 0 Å². The molecule has 0 aliphatic heterocycles. The fourth-order valence-corrected chi connectivity index (χ4v) is 4.71. The lowest BCUT2D eigenvalue weighted by molar-refractivity contribution is 0.415. The van der Waals surface area contributed by atoms with Crippen molar-refractivity contribution < 1.29 is 4.74 Å². The van der Waals surface area contributed by atoms with E-state index in [-0.39, 0.29) is 0 Å². The molecule has 3 heterocycles. The number of ether oxygens (including phenoxy) is 1. The van der Waals surface area contributed by atoms with Crippen LogP contribution in [0.3, 0.4) is 0 Å². The molecular weight excluding hydrogens is 464 g/mol. The van der Waals surface area contributed by atoms with Gasteiger partial charge < -0.3 is 4.74 Å². The molecule has 0 saturated heterocycles. The number of rotatable bonds is 6. The Bertz CT molecular complexity index is 1400. The van der Waals surface area contributed by atoms with E-state index in [4.69, 9.17) is 21.3 Å². The van der Waals surface area contributed by atoms with E-state index < -0.39 is 0 Å². The van der Waals surface area contributed by atoms with Gasteiger partial charge in [0.15, 0.2) is 0 Å². The van der Waals surface area contributed by atoms with Crippen molar-refractivity contribution in [2.45, 2.75) is 6.92 Å². The predicted octanol–water partition coefficient (Wildman–Crippen LogP) is 6.00. The number of nitrogens with one attached hydrogen (secondary N) is 1. The van der Waals surface area contributed by atoms with Crippen molar-refractivity contribution in [2.75, 3.05) is 12.5 Å². The SMILES string of the molecule is COc1ccc(-c2nc3sc(C)nn3c2/C=N/Nc2nc(-c3ccc(Cl)cc3)cs2)cc1. The highest BCUT2D eigenvalue weighted by molar-refractivity contribution is 7.16. The number of methoxy groups -OCH3 is 1.